The summed E-state index contributed by atoms with van der Waals surface area (Å²) >= 11 is 0. The van der Waals surface area contributed by atoms with Gasteiger partial charge in [-0.25, -0.2) is 0 Å². The number of rotatable bonds is 6. The summed E-state index contributed by atoms with van der Waals surface area (Å²) < 4.78 is 12.3. The van der Waals surface area contributed by atoms with Crippen LogP contribution in [0.5, 0.6) is 23.0 Å². The number of ether oxygens (including phenoxy) is 2. The molecule has 206 valence electrons. The lowest BCUT2D eigenvalue weighted by Crippen LogP contribution is -2.39. The average molecular weight is 540 g/mol. The molecule has 0 aromatic heterocycles. The van der Waals surface area contributed by atoms with Crippen LogP contribution in [0.3, 0.4) is 0 Å². The molecule has 8 nitrogen and oxygen atoms in total. The van der Waals surface area contributed by atoms with E-state index in [1.807, 2.05) is 36.1 Å². The largest absolute Gasteiger partial charge is 0.457 e. The number of carbonyl (C=O) groups excluding carboxylic acids is 2. The van der Waals surface area contributed by atoms with Gasteiger partial charge in [0.15, 0.2) is 5.84 Å². The molecule has 0 saturated carbocycles. The quantitative estimate of drug-likeness (QED) is 0.151. The van der Waals surface area contributed by atoms with Crippen molar-refractivity contribution in [1.82, 2.24) is 9.96 Å². The van der Waals surface area contributed by atoms with Gasteiger partial charge in [-0.3, -0.25) is 20.2 Å². The van der Waals surface area contributed by atoms with Crippen LogP contribution in [0.2, 0.25) is 0 Å². The van der Waals surface area contributed by atoms with Crippen LogP contribution in [0.4, 0.5) is 0 Å². The molecule has 1 aliphatic heterocycles. The van der Waals surface area contributed by atoms with Gasteiger partial charge in [0, 0.05) is 36.4 Å². The number of hydrogen-bond donors (Lipinski definition) is 2. The molecular weight excluding hydrogens is 506 g/mol. The van der Waals surface area contributed by atoms with Crippen LogP contribution < -0.4 is 9.47 Å². The molecule has 2 N–H and O–H groups in total. The minimum absolute atomic E-state index is 0.0758. The number of benzene rings is 3. The number of hydrogen-bond acceptors (Lipinski definition) is 6. The fourth-order valence-electron chi connectivity index (χ4n) is 5.20. The Hall–Kier alpha value is -4.43. The predicted molar refractivity (Wildman–Crippen MR) is 151 cm³/mol. The van der Waals surface area contributed by atoms with E-state index in [2.05, 4.69) is 6.08 Å². The number of carbonyl (C=O) groups is 2. The zero-order chi connectivity index (χ0) is 28.2. The van der Waals surface area contributed by atoms with Crippen molar-refractivity contribution in [2.75, 3.05) is 6.54 Å². The van der Waals surface area contributed by atoms with E-state index >= 15 is 0 Å². The fraction of sp³-hybridized carbons (Fsp3) is 0.281. The van der Waals surface area contributed by atoms with Crippen LogP contribution in [-0.4, -0.2) is 39.4 Å². The van der Waals surface area contributed by atoms with E-state index in [1.165, 1.54) is 6.92 Å². The molecule has 1 heterocycles. The topological polar surface area (TPSA) is 103 Å². The Kier molecular flexibility index (Phi) is 7.98. The second kappa shape index (κ2) is 11.8. The first kappa shape index (κ1) is 27.1. The lowest BCUT2D eigenvalue weighted by atomic mass is 9.84. The van der Waals surface area contributed by atoms with E-state index in [0.29, 0.717) is 46.6 Å². The number of nitrogens with one attached hydrogen (secondary N) is 1. The number of allylic oxidation sites excluding steroid dienone is 2. The van der Waals surface area contributed by atoms with Crippen LogP contribution in [-0.2, 0) is 4.79 Å². The summed E-state index contributed by atoms with van der Waals surface area (Å²) in [7, 11) is 0. The Bertz CT molecular complexity index is 1450. The summed E-state index contributed by atoms with van der Waals surface area (Å²) in [6.07, 6.45) is 7.59. The molecule has 3 aromatic carbocycles. The SMILES string of the molecule is CC(=O)N(O)C(=N)c1ccc(Oc2cc(Oc3ccc(C)cc3)cc(C(=O)N3CCCC4CCCC=C43)c2)cc1. The van der Waals surface area contributed by atoms with Crippen molar-refractivity contribution in [3.63, 3.8) is 0 Å². The second-order valence-corrected chi connectivity index (χ2v) is 10.3. The van der Waals surface area contributed by atoms with Gasteiger partial charge in [0.05, 0.1) is 0 Å². The highest BCUT2D eigenvalue weighted by atomic mass is 16.5. The first-order valence-electron chi connectivity index (χ1n) is 13.6. The van der Waals surface area contributed by atoms with Crippen molar-refractivity contribution in [2.45, 2.75) is 46.0 Å². The smallest absolute Gasteiger partial charge is 0.258 e. The van der Waals surface area contributed by atoms with Crippen molar-refractivity contribution in [1.29, 1.82) is 5.41 Å². The number of amides is 2. The normalized spacial score (nSPS) is 16.4. The van der Waals surface area contributed by atoms with Gasteiger partial charge in [-0.1, -0.05) is 23.8 Å². The maximum absolute atomic E-state index is 13.8. The van der Waals surface area contributed by atoms with Crippen molar-refractivity contribution >= 4 is 17.6 Å². The van der Waals surface area contributed by atoms with Gasteiger partial charge in [-0.15, -0.1) is 0 Å². The van der Waals surface area contributed by atoms with Crippen LogP contribution >= 0.6 is 0 Å². The summed E-state index contributed by atoms with van der Waals surface area (Å²) in [5.41, 5.74) is 3.07. The Labute approximate surface area is 233 Å². The van der Waals surface area contributed by atoms with Gasteiger partial charge < -0.3 is 14.4 Å². The number of nitrogens with zero attached hydrogens (tertiary/aromatic N) is 2. The molecule has 1 aliphatic carbocycles. The van der Waals surface area contributed by atoms with Gasteiger partial charge in [0.1, 0.15) is 23.0 Å². The van der Waals surface area contributed by atoms with Crippen molar-refractivity contribution in [2.24, 2.45) is 5.92 Å². The highest BCUT2D eigenvalue weighted by Gasteiger charge is 2.31. The standard InChI is InChI=1S/C32H33N3O5/c1-21-9-13-26(14-10-21)39-28-18-25(32(37)34-17-5-7-23-6-3-4-8-30(23)34)19-29(20-28)40-27-15-11-24(12-16-27)31(33)35(38)22(2)36/h8-16,18-20,23,33,38H,3-7,17H2,1-2H3. The van der Waals surface area contributed by atoms with Gasteiger partial charge >= 0.3 is 0 Å². The van der Waals surface area contributed by atoms with Crippen LogP contribution in [0.15, 0.2) is 78.5 Å². The molecule has 8 heteroatoms. The van der Waals surface area contributed by atoms with E-state index in [-0.39, 0.29) is 16.8 Å². The lowest BCUT2D eigenvalue weighted by Gasteiger charge is -2.38. The maximum Gasteiger partial charge on any atom is 0.258 e. The zero-order valence-electron chi connectivity index (χ0n) is 22.7. The number of likely N-dealkylation sites (tertiary alicyclic amines) is 1. The lowest BCUT2D eigenvalue weighted by molar-refractivity contribution is -0.146. The van der Waals surface area contributed by atoms with Crippen LogP contribution in [0.25, 0.3) is 0 Å². The van der Waals surface area contributed by atoms with E-state index in [1.54, 1.807) is 42.5 Å². The summed E-state index contributed by atoms with van der Waals surface area (Å²) in [6, 6.07) is 19.3. The molecule has 1 atom stereocenters. The molecule has 0 radical (unpaired) electrons. The first-order chi connectivity index (χ1) is 19.3. The van der Waals surface area contributed by atoms with Crippen molar-refractivity contribution in [3.05, 3.63) is 95.2 Å². The maximum atomic E-state index is 13.8. The molecule has 1 saturated heterocycles. The predicted octanol–water partition coefficient (Wildman–Crippen LogP) is 7.06. The van der Waals surface area contributed by atoms with E-state index in [0.717, 1.165) is 43.4 Å². The molecule has 3 aromatic rings. The summed E-state index contributed by atoms with van der Waals surface area (Å²) in [5, 5.41) is 18.0. The van der Waals surface area contributed by atoms with Gasteiger partial charge in [-0.2, -0.15) is 5.06 Å². The number of amidine groups is 1. The van der Waals surface area contributed by atoms with Crippen molar-refractivity contribution < 1.29 is 24.3 Å². The molecule has 1 unspecified atom stereocenters. The monoisotopic (exact) mass is 539 g/mol. The van der Waals surface area contributed by atoms with Crippen LogP contribution in [0, 0.1) is 18.3 Å². The first-order valence-corrected chi connectivity index (χ1v) is 13.6. The summed E-state index contributed by atoms with van der Waals surface area (Å²) in [4.78, 5) is 27.1. The van der Waals surface area contributed by atoms with E-state index in [4.69, 9.17) is 14.9 Å². The van der Waals surface area contributed by atoms with E-state index in [9.17, 15) is 14.8 Å². The van der Waals surface area contributed by atoms with Gasteiger partial charge in [0.25, 0.3) is 5.91 Å². The van der Waals surface area contributed by atoms with Crippen LogP contribution in [0.1, 0.15) is 60.5 Å². The van der Waals surface area contributed by atoms with Gasteiger partial charge in [-0.05, 0) is 93.5 Å². The number of aryl methyl sites for hydroxylation is 1. The summed E-state index contributed by atoms with van der Waals surface area (Å²) in [6.45, 7) is 3.87. The molecule has 1 fully saturated rings. The molecule has 2 amide bonds. The molecule has 40 heavy (non-hydrogen) atoms. The highest BCUT2D eigenvalue weighted by molar-refractivity contribution is 6.04. The molecular formula is C32H33N3O5. The number of piperidine rings is 1. The number of hydroxylamine groups is 2. The molecule has 5 rings (SSSR count). The molecule has 2 aliphatic rings. The minimum atomic E-state index is -0.656. The Balaban J connectivity index is 1.44. The molecule has 0 bridgehead atoms. The Morgan fingerprint density at radius 1 is 0.875 bits per heavy atom. The molecule has 0 spiro atoms. The Morgan fingerprint density at radius 3 is 2.10 bits per heavy atom. The average Bonchev–Trinajstić information content (AvgIpc) is 2.97. The third-order valence-electron chi connectivity index (χ3n) is 7.28. The van der Waals surface area contributed by atoms with Crippen molar-refractivity contribution in [3.8, 4) is 23.0 Å². The summed E-state index contributed by atoms with van der Waals surface area (Å²) in [5.74, 6) is 1.38. The highest BCUT2D eigenvalue weighted by Crippen LogP contribution is 2.37. The zero-order valence-corrected chi connectivity index (χ0v) is 22.7. The number of fused-ring (bicyclic) bond motifs is 1. The minimum Gasteiger partial charge on any atom is -0.457 e. The second-order valence-electron chi connectivity index (χ2n) is 10.3. The fourth-order valence-corrected chi connectivity index (χ4v) is 5.20. The third kappa shape index (κ3) is 6.07. The Morgan fingerprint density at radius 2 is 1.48 bits per heavy atom. The van der Waals surface area contributed by atoms with Gasteiger partial charge in [0.2, 0.25) is 5.91 Å². The third-order valence-corrected chi connectivity index (χ3v) is 7.28. The van der Waals surface area contributed by atoms with E-state index < -0.39 is 5.91 Å².